The van der Waals surface area contributed by atoms with E-state index in [0.717, 1.165) is 5.56 Å². The van der Waals surface area contributed by atoms with Crippen molar-refractivity contribution < 1.29 is 14.3 Å². The van der Waals surface area contributed by atoms with Crippen molar-refractivity contribution in [3.05, 3.63) is 28.8 Å². The molecule has 0 aliphatic heterocycles. The number of nitrogens with two attached hydrogens (primary N) is 1. The number of nitrogen functional groups attached to an aromatic ring is 1. The van der Waals surface area contributed by atoms with Gasteiger partial charge in [0, 0.05) is 24.3 Å². The molecule has 0 radical (unpaired) electrons. The predicted molar refractivity (Wildman–Crippen MR) is 89.3 cm³/mol. The Balaban J connectivity index is 2.24. The zero-order valence-corrected chi connectivity index (χ0v) is 14.4. The number of hydrogen-bond acceptors (Lipinski definition) is 4. The molecular weight excluding hydrogens is 304 g/mol. The van der Waals surface area contributed by atoms with E-state index in [1.54, 1.807) is 13.1 Å². The summed E-state index contributed by atoms with van der Waals surface area (Å²) in [5.74, 6) is 0. The summed E-state index contributed by atoms with van der Waals surface area (Å²) in [5, 5.41) is 0.648. The van der Waals surface area contributed by atoms with E-state index in [2.05, 4.69) is 0 Å². The Hall–Kier alpha value is -1.46. The summed E-state index contributed by atoms with van der Waals surface area (Å²) in [5.41, 5.74) is 6.80. The van der Waals surface area contributed by atoms with Gasteiger partial charge < -0.3 is 20.1 Å². The summed E-state index contributed by atoms with van der Waals surface area (Å²) in [7, 11) is 1.69. The number of anilines is 1. The number of halogens is 1. The van der Waals surface area contributed by atoms with Crippen LogP contribution in [0.2, 0.25) is 5.02 Å². The normalized spacial score (nSPS) is 11.3. The molecule has 0 aromatic heterocycles. The first-order valence-corrected chi connectivity index (χ1v) is 7.62. The van der Waals surface area contributed by atoms with Crippen molar-refractivity contribution in [1.82, 2.24) is 4.90 Å². The molecule has 0 bridgehead atoms. The standard InChI is InChI=1S/C16H25ClN2O3/c1-16(2,3)22-15(20)19(4)8-10-21-9-7-12-5-6-13(18)11-14(12)17/h5-6,11H,7-10,18H2,1-4H3. The van der Waals surface area contributed by atoms with Crippen molar-refractivity contribution >= 4 is 23.4 Å². The molecule has 6 heteroatoms. The van der Waals surface area contributed by atoms with E-state index >= 15 is 0 Å². The molecule has 0 fully saturated rings. The molecule has 1 amide bonds. The predicted octanol–water partition coefficient (Wildman–Crippen LogP) is 3.35. The van der Waals surface area contributed by atoms with Gasteiger partial charge in [0.25, 0.3) is 0 Å². The van der Waals surface area contributed by atoms with Gasteiger partial charge >= 0.3 is 6.09 Å². The fourth-order valence-corrected chi connectivity index (χ4v) is 1.97. The molecule has 0 aliphatic rings. The second-order valence-electron chi connectivity index (χ2n) is 6.12. The van der Waals surface area contributed by atoms with E-state index in [9.17, 15) is 4.79 Å². The van der Waals surface area contributed by atoms with Crippen LogP contribution >= 0.6 is 11.6 Å². The molecule has 2 N–H and O–H groups in total. The number of nitrogens with zero attached hydrogens (tertiary/aromatic N) is 1. The third kappa shape index (κ3) is 7.00. The molecule has 124 valence electrons. The van der Waals surface area contributed by atoms with Gasteiger partial charge in [-0.2, -0.15) is 0 Å². The van der Waals surface area contributed by atoms with Gasteiger partial charge in [-0.25, -0.2) is 4.79 Å². The van der Waals surface area contributed by atoms with Crippen LogP contribution in [-0.2, 0) is 15.9 Å². The Labute approximate surface area is 137 Å². The number of rotatable bonds is 6. The highest BCUT2D eigenvalue weighted by atomic mass is 35.5. The van der Waals surface area contributed by atoms with Crippen LogP contribution < -0.4 is 5.73 Å². The van der Waals surface area contributed by atoms with Gasteiger partial charge in [-0.15, -0.1) is 0 Å². The van der Waals surface area contributed by atoms with Gasteiger partial charge in [-0.1, -0.05) is 17.7 Å². The fourth-order valence-electron chi connectivity index (χ4n) is 1.68. The lowest BCUT2D eigenvalue weighted by atomic mass is 10.1. The molecule has 0 spiro atoms. The number of amides is 1. The van der Waals surface area contributed by atoms with Crippen molar-refractivity contribution in [2.45, 2.75) is 32.8 Å². The minimum Gasteiger partial charge on any atom is -0.444 e. The van der Waals surface area contributed by atoms with Crippen molar-refractivity contribution in [1.29, 1.82) is 0 Å². The monoisotopic (exact) mass is 328 g/mol. The summed E-state index contributed by atoms with van der Waals surface area (Å²) in [6.45, 7) is 6.97. The number of hydrogen-bond donors (Lipinski definition) is 1. The highest BCUT2D eigenvalue weighted by Crippen LogP contribution is 2.19. The van der Waals surface area contributed by atoms with E-state index in [-0.39, 0.29) is 6.09 Å². The van der Waals surface area contributed by atoms with E-state index in [1.165, 1.54) is 4.90 Å². The largest absolute Gasteiger partial charge is 0.444 e. The Morgan fingerprint density at radius 2 is 2.00 bits per heavy atom. The molecule has 0 heterocycles. The zero-order chi connectivity index (χ0) is 16.8. The topological polar surface area (TPSA) is 64.8 Å². The molecule has 1 rings (SSSR count). The molecule has 1 aromatic rings. The van der Waals surface area contributed by atoms with Crippen LogP contribution in [0.25, 0.3) is 0 Å². The first kappa shape index (κ1) is 18.6. The van der Waals surface area contributed by atoms with Crippen LogP contribution in [0.5, 0.6) is 0 Å². The average Bonchev–Trinajstić information content (AvgIpc) is 2.38. The lowest BCUT2D eigenvalue weighted by Gasteiger charge is -2.24. The molecule has 0 atom stereocenters. The van der Waals surface area contributed by atoms with Crippen molar-refractivity contribution in [3.8, 4) is 0 Å². The summed E-state index contributed by atoms with van der Waals surface area (Å²) >= 11 is 6.09. The molecular formula is C16H25ClN2O3. The quantitative estimate of drug-likeness (QED) is 0.642. The van der Waals surface area contributed by atoms with Crippen LogP contribution in [0.3, 0.4) is 0 Å². The van der Waals surface area contributed by atoms with Crippen molar-refractivity contribution in [3.63, 3.8) is 0 Å². The van der Waals surface area contributed by atoms with E-state index < -0.39 is 5.60 Å². The maximum atomic E-state index is 11.7. The number of benzene rings is 1. The number of ether oxygens (including phenoxy) is 2. The Morgan fingerprint density at radius 1 is 1.32 bits per heavy atom. The van der Waals surface area contributed by atoms with E-state index in [0.29, 0.717) is 36.9 Å². The molecule has 0 saturated heterocycles. The maximum absolute atomic E-state index is 11.7. The Bertz CT molecular complexity index is 501. The second-order valence-corrected chi connectivity index (χ2v) is 6.52. The van der Waals surface area contributed by atoms with E-state index in [1.807, 2.05) is 32.9 Å². The van der Waals surface area contributed by atoms with Crippen LogP contribution in [0.15, 0.2) is 18.2 Å². The van der Waals surface area contributed by atoms with Crippen LogP contribution in [0.1, 0.15) is 26.3 Å². The average molecular weight is 329 g/mol. The van der Waals surface area contributed by atoms with Gasteiger partial charge in [0.05, 0.1) is 13.2 Å². The highest BCUT2D eigenvalue weighted by Gasteiger charge is 2.19. The van der Waals surface area contributed by atoms with Gasteiger partial charge in [-0.05, 0) is 44.9 Å². The van der Waals surface area contributed by atoms with Crippen molar-refractivity contribution in [2.24, 2.45) is 0 Å². The number of carbonyl (C=O) groups excluding carboxylic acids is 1. The lowest BCUT2D eigenvalue weighted by molar-refractivity contribution is 0.0233. The first-order valence-electron chi connectivity index (χ1n) is 7.25. The summed E-state index contributed by atoms with van der Waals surface area (Å²) in [4.78, 5) is 13.2. The van der Waals surface area contributed by atoms with Crippen LogP contribution in [-0.4, -0.2) is 43.4 Å². The lowest BCUT2D eigenvalue weighted by Crippen LogP contribution is -2.36. The molecule has 0 saturated carbocycles. The number of carbonyl (C=O) groups is 1. The third-order valence-electron chi connectivity index (χ3n) is 2.87. The van der Waals surface area contributed by atoms with Crippen molar-refractivity contribution in [2.75, 3.05) is 32.5 Å². The minimum absolute atomic E-state index is 0.349. The highest BCUT2D eigenvalue weighted by molar-refractivity contribution is 6.31. The van der Waals surface area contributed by atoms with Crippen LogP contribution in [0.4, 0.5) is 10.5 Å². The van der Waals surface area contributed by atoms with Gasteiger partial charge in [-0.3, -0.25) is 0 Å². The third-order valence-corrected chi connectivity index (χ3v) is 3.22. The number of likely N-dealkylation sites (N-methyl/N-ethyl adjacent to an activating group) is 1. The Kier molecular flexibility index (Phi) is 6.97. The van der Waals surface area contributed by atoms with Gasteiger partial charge in [0.1, 0.15) is 5.60 Å². The molecule has 5 nitrogen and oxygen atoms in total. The van der Waals surface area contributed by atoms with E-state index in [4.69, 9.17) is 26.8 Å². The minimum atomic E-state index is -0.488. The summed E-state index contributed by atoms with van der Waals surface area (Å²) in [6, 6.07) is 5.44. The molecule has 0 unspecified atom stereocenters. The van der Waals surface area contributed by atoms with Gasteiger partial charge in [0.2, 0.25) is 0 Å². The summed E-state index contributed by atoms with van der Waals surface area (Å²) < 4.78 is 10.8. The smallest absolute Gasteiger partial charge is 0.410 e. The second kappa shape index (κ2) is 8.25. The fraction of sp³-hybridized carbons (Fsp3) is 0.562. The Morgan fingerprint density at radius 3 is 2.59 bits per heavy atom. The summed E-state index contributed by atoms with van der Waals surface area (Å²) in [6.07, 6.45) is 0.354. The first-order chi connectivity index (χ1) is 10.2. The van der Waals surface area contributed by atoms with Gasteiger partial charge in [0.15, 0.2) is 0 Å². The van der Waals surface area contributed by atoms with Crippen LogP contribution in [0, 0.1) is 0 Å². The molecule has 1 aromatic carbocycles. The SMILES string of the molecule is CN(CCOCCc1ccc(N)cc1Cl)C(=O)OC(C)(C)C. The molecule has 22 heavy (non-hydrogen) atoms. The zero-order valence-electron chi connectivity index (χ0n) is 13.7. The molecule has 0 aliphatic carbocycles. The maximum Gasteiger partial charge on any atom is 0.410 e.